The second kappa shape index (κ2) is 6.33. The maximum atomic E-state index is 12.0. The van der Waals surface area contributed by atoms with Crippen molar-refractivity contribution in [2.45, 2.75) is 32.8 Å². The maximum Gasteiger partial charge on any atom is 0.479 e. The highest BCUT2D eigenvalue weighted by molar-refractivity contribution is 5.84. The quantitative estimate of drug-likeness (QED) is 0.646. The van der Waals surface area contributed by atoms with E-state index in [0.717, 1.165) is 4.90 Å². The van der Waals surface area contributed by atoms with Crippen molar-refractivity contribution >= 4 is 12.0 Å². The van der Waals surface area contributed by atoms with E-state index in [1.165, 1.54) is 18.5 Å². The van der Waals surface area contributed by atoms with Gasteiger partial charge in [-0.25, -0.2) is 9.52 Å². The molecule has 7 heteroatoms. The van der Waals surface area contributed by atoms with Gasteiger partial charge < -0.3 is 15.1 Å². The third-order valence-electron chi connectivity index (χ3n) is 2.09. The lowest BCUT2D eigenvalue weighted by Crippen LogP contribution is -2.45. The Kier molecular flexibility index (Phi) is 5.05. The van der Waals surface area contributed by atoms with E-state index < -0.39 is 11.7 Å². The summed E-state index contributed by atoms with van der Waals surface area (Å²) in [6.07, 6.45) is 2.33. The van der Waals surface area contributed by atoms with E-state index in [1.807, 2.05) is 0 Å². The molecule has 1 heterocycles. The lowest BCUT2D eigenvalue weighted by atomic mass is 10.2. The molecule has 0 saturated heterocycles. The first kappa shape index (κ1) is 15.2. The average Bonchev–Trinajstić information content (AvgIpc) is 2.29. The van der Waals surface area contributed by atoms with E-state index in [0.29, 0.717) is 11.2 Å². The number of aromatic nitrogens is 2. The number of amides is 1. The highest BCUT2D eigenvalue weighted by Gasteiger charge is 2.31. The summed E-state index contributed by atoms with van der Waals surface area (Å²) in [5.41, 5.74) is -0.670. The molecule has 1 amide bonds. The number of ether oxygens (including phenoxy) is 1. The van der Waals surface area contributed by atoms with Crippen LogP contribution in [0.5, 0.6) is 0 Å². The van der Waals surface area contributed by atoms with Gasteiger partial charge in [0.2, 0.25) is 0 Å². The highest BCUT2D eigenvalue weighted by Crippen LogP contribution is 2.13. The largest absolute Gasteiger partial charge is 0.740 e. The summed E-state index contributed by atoms with van der Waals surface area (Å²) in [4.78, 5) is 17.0. The standard InChI is InChI=1S/C12H19N3O4/c1-12(2,3)19-11(17)14(7-5-9-16)10-13-6-4-8-15(10)18/h4,6,8,16H,5,7,9H2,1-3H3. The van der Waals surface area contributed by atoms with E-state index in [9.17, 15) is 10.0 Å². The predicted molar refractivity (Wildman–Crippen MR) is 68.5 cm³/mol. The van der Waals surface area contributed by atoms with Crippen molar-refractivity contribution in [3.05, 3.63) is 23.7 Å². The smallest absolute Gasteiger partial charge is 0.479 e. The summed E-state index contributed by atoms with van der Waals surface area (Å²) in [7, 11) is 0. The molecular formula is C12H19N3O4. The highest BCUT2D eigenvalue weighted by atomic mass is 16.6. The molecular weight excluding hydrogens is 250 g/mol. The first-order valence-electron chi connectivity index (χ1n) is 6.00. The summed E-state index contributed by atoms with van der Waals surface area (Å²) in [5, 5.41) is 20.5. The van der Waals surface area contributed by atoms with E-state index >= 15 is 0 Å². The van der Waals surface area contributed by atoms with Gasteiger partial charge >= 0.3 is 12.0 Å². The number of nitrogens with zero attached hydrogens (tertiary/aromatic N) is 3. The van der Waals surface area contributed by atoms with Crippen molar-refractivity contribution in [2.24, 2.45) is 0 Å². The molecule has 1 aromatic rings. The van der Waals surface area contributed by atoms with Gasteiger partial charge in [-0.15, -0.1) is 0 Å². The number of carbonyl (C=O) groups is 1. The molecule has 0 spiro atoms. The van der Waals surface area contributed by atoms with Crippen LogP contribution in [0.1, 0.15) is 27.2 Å². The summed E-state index contributed by atoms with van der Waals surface area (Å²) in [6.45, 7) is 5.27. The first-order chi connectivity index (χ1) is 8.85. The van der Waals surface area contributed by atoms with Gasteiger partial charge in [0, 0.05) is 19.1 Å². The molecule has 0 aliphatic heterocycles. The third kappa shape index (κ3) is 4.70. The number of carbonyl (C=O) groups excluding carboxylic acids is 1. The molecule has 0 radical (unpaired) electrons. The predicted octanol–water partition coefficient (Wildman–Crippen LogP) is 0.839. The van der Waals surface area contributed by atoms with Crippen LogP contribution in [0.2, 0.25) is 0 Å². The summed E-state index contributed by atoms with van der Waals surface area (Å²) >= 11 is 0. The van der Waals surface area contributed by atoms with Crippen LogP contribution >= 0.6 is 0 Å². The molecule has 0 aliphatic rings. The Morgan fingerprint density at radius 3 is 2.79 bits per heavy atom. The van der Waals surface area contributed by atoms with Gasteiger partial charge in [-0.1, -0.05) is 4.98 Å². The molecule has 19 heavy (non-hydrogen) atoms. The summed E-state index contributed by atoms with van der Waals surface area (Å²) < 4.78 is 5.71. The first-order valence-corrected chi connectivity index (χ1v) is 6.00. The van der Waals surface area contributed by atoms with Gasteiger partial charge in [-0.05, 0) is 20.8 Å². The zero-order valence-corrected chi connectivity index (χ0v) is 11.4. The summed E-state index contributed by atoms with van der Waals surface area (Å²) in [5.74, 6) is -0.0646. The van der Waals surface area contributed by atoms with Gasteiger partial charge in [0.05, 0.1) is 12.7 Å². The van der Waals surface area contributed by atoms with Crippen LogP contribution in [0.25, 0.3) is 0 Å². The second-order valence-corrected chi connectivity index (χ2v) is 4.95. The fraction of sp³-hybridized carbons (Fsp3) is 0.583. The Balaban J connectivity index is 2.95. The van der Waals surface area contributed by atoms with Crippen LogP contribution in [0.3, 0.4) is 0 Å². The van der Waals surface area contributed by atoms with Crippen molar-refractivity contribution in [3.63, 3.8) is 0 Å². The monoisotopic (exact) mass is 269 g/mol. The molecule has 0 saturated carbocycles. The molecule has 1 rings (SSSR count). The number of aliphatic hydroxyl groups is 1. The van der Waals surface area contributed by atoms with Gasteiger partial charge in [-0.3, -0.25) is 0 Å². The average molecular weight is 269 g/mol. The Labute approximate surface area is 112 Å². The maximum absolute atomic E-state index is 12.0. The normalized spacial score (nSPS) is 11.2. The van der Waals surface area contributed by atoms with E-state index in [2.05, 4.69) is 4.98 Å². The van der Waals surface area contributed by atoms with Crippen LogP contribution in [-0.2, 0) is 4.74 Å². The minimum atomic E-state index is -0.670. The third-order valence-corrected chi connectivity index (χ3v) is 2.09. The van der Waals surface area contributed by atoms with Crippen molar-refractivity contribution in [1.82, 2.24) is 4.98 Å². The van der Waals surface area contributed by atoms with Crippen LogP contribution < -0.4 is 9.63 Å². The fourth-order valence-corrected chi connectivity index (χ4v) is 1.36. The zero-order valence-electron chi connectivity index (χ0n) is 11.4. The second-order valence-electron chi connectivity index (χ2n) is 4.95. The number of aliphatic hydroxyl groups excluding tert-OH is 1. The molecule has 0 atom stereocenters. The van der Waals surface area contributed by atoms with E-state index in [-0.39, 0.29) is 19.1 Å². The molecule has 1 aromatic heterocycles. The summed E-state index contributed by atoms with van der Waals surface area (Å²) in [6, 6.07) is 1.47. The Hall–Kier alpha value is -1.89. The van der Waals surface area contributed by atoms with Crippen LogP contribution in [0.15, 0.2) is 18.5 Å². The Bertz CT molecular complexity index is 431. The van der Waals surface area contributed by atoms with Crippen LogP contribution in [-0.4, -0.2) is 34.9 Å². The topological polar surface area (TPSA) is 89.6 Å². The van der Waals surface area contributed by atoms with Gasteiger partial charge in [-0.2, -0.15) is 4.90 Å². The molecule has 0 fully saturated rings. The number of hydrogen-bond acceptors (Lipinski definition) is 5. The minimum absolute atomic E-state index is 0.0646. The fourth-order valence-electron chi connectivity index (χ4n) is 1.36. The molecule has 0 unspecified atom stereocenters. The molecule has 106 valence electrons. The molecule has 0 bridgehead atoms. The van der Waals surface area contributed by atoms with Crippen molar-refractivity contribution in [2.75, 3.05) is 18.1 Å². The number of rotatable bonds is 4. The zero-order chi connectivity index (χ0) is 14.5. The van der Waals surface area contributed by atoms with Gasteiger partial charge in [0.15, 0.2) is 0 Å². The molecule has 0 aliphatic carbocycles. The van der Waals surface area contributed by atoms with Gasteiger partial charge in [0.1, 0.15) is 11.8 Å². The lowest BCUT2D eigenvalue weighted by molar-refractivity contribution is -0.594. The van der Waals surface area contributed by atoms with Crippen molar-refractivity contribution in [1.29, 1.82) is 0 Å². The molecule has 0 aromatic carbocycles. The van der Waals surface area contributed by atoms with Crippen LogP contribution in [0.4, 0.5) is 10.7 Å². The Morgan fingerprint density at radius 1 is 1.58 bits per heavy atom. The van der Waals surface area contributed by atoms with E-state index in [1.54, 1.807) is 20.8 Å². The molecule has 7 nitrogen and oxygen atoms in total. The van der Waals surface area contributed by atoms with Crippen LogP contribution in [0, 0.1) is 5.21 Å². The number of hydrogen-bond donors (Lipinski definition) is 1. The SMILES string of the molecule is CC(C)(C)OC(=O)N(CCCO)c1nccc[n+]1[O-]. The van der Waals surface area contributed by atoms with E-state index in [4.69, 9.17) is 9.84 Å². The lowest BCUT2D eigenvalue weighted by Gasteiger charge is -2.23. The molecule has 1 N–H and O–H groups in total. The minimum Gasteiger partial charge on any atom is -0.740 e. The van der Waals surface area contributed by atoms with Crippen molar-refractivity contribution < 1.29 is 19.4 Å². The number of anilines is 1. The van der Waals surface area contributed by atoms with Gasteiger partial charge in [0.25, 0.3) is 0 Å². The van der Waals surface area contributed by atoms with Crippen molar-refractivity contribution in [3.8, 4) is 0 Å². The Morgan fingerprint density at radius 2 is 2.26 bits per heavy atom.